The third-order valence-electron chi connectivity index (χ3n) is 5.78. The largest absolute Gasteiger partial charge is 0.412 e. The molecule has 0 aromatic heterocycles. The molecule has 4 rings (SSSR count). The average Bonchev–Trinajstić information content (AvgIpc) is 3.08. The Bertz CT molecular complexity index is 838. The van der Waals surface area contributed by atoms with Crippen LogP contribution < -0.4 is 0 Å². The van der Waals surface area contributed by atoms with Crippen molar-refractivity contribution in [2.45, 2.75) is 56.6 Å². The van der Waals surface area contributed by atoms with Crippen LogP contribution in [0.2, 0.25) is 0 Å². The second-order valence-corrected chi connectivity index (χ2v) is 7.56. The van der Waals surface area contributed by atoms with Crippen molar-refractivity contribution in [1.82, 2.24) is 0 Å². The monoisotopic (exact) mass is 422 g/mol. The van der Waals surface area contributed by atoms with Crippen LogP contribution in [0, 0.1) is 0 Å². The van der Waals surface area contributed by atoms with Gasteiger partial charge in [0.25, 0.3) is 0 Å². The van der Waals surface area contributed by atoms with Gasteiger partial charge in [-0.05, 0) is 41.2 Å². The van der Waals surface area contributed by atoms with Crippen LogP contribution in [0.1, 0.15) is 34.7 Å². The molecule has 0 aliphatic carbocycles. The van der Waals surface area contributed by atoms with Crippen LogP contribution in [0.5, 0.6) is 0 Å². The molecule has 8 N–H and O–H groups in total. The summed E-state index contributed by atoms with van der Waals surface area (Å²) in [7, 11) is 0. The summed E-state index contributed by atoms with van der Waals surface area (Å²) in [5.74, 6) is -1.59. The summed E-state index contributed by atoms with van der Waals surface area (Å²) in [5, 5.41) is 40.5. The van der Waals surface area contributed by atoms with E-state index in [1.54, 1.807) is 0 Å². The molecular formula is C22H30O8. The number of benzene rings is 2. The van der Waals surface area contributed by atoms with Gasteiger partial charge in [-0.3, -0.25) is 0 Å². The Kier molecular flexibility index (Phi) is 7.73. The molecule has 1 saturated heterocycles. The normalized spacial score (nSPS) is 29.8. The first kappa shape index (κ1) is 24.4. The SMILES string of the molecule is CCc1ccc(Cc2ccc3c(c2)[C@@]2(OC3)O[C@@H](CO)[C@H](O)[C@@H](O)[C@@H]2O)cc1.O.O. The number of hydrogen-bond acceptors (Lipinski definition) is 6. The lowest BCUT2D eigenvalue weighted by Crippen LogP contribution is -2.63. The van der Waals surface area contributed by atoms with Gasteiger partial charge in [0, 0.05) is 5.56 Å². The smallest absolute Gasteiger partial charge is 0.225 e. The molecule has 0 radical (unpaired) electrons. The fraction of sp³-hybridized carbons (Fsp3) is 0.455. The van der Waals surface area contributed by atoms with Crippen molar-refractivity contribution in [3.8, 4) is 0 Å². The highest BCUT2D eigenvalue weighted by Gasteiger charge is 2.58. The van der Waals surface area contributed by atoms with E-state index in [4.69, 9.17) is 9.47 Å². The summed E-state index contributed by atoms with van der Waals surface area (Å²) in [6.45, 7) is 1.85. The first-order chi connectivity index (χ1) is 13.5. The molecule has 0 saturated carbocycles. The molecule has 2 aromatic rings. The fourth-order valence-electron chi connectivity index (χ4n) is 4.06. The average molecular weight is 422 g/mol. The van der Waals surface area contributed by atoms with Gasteiger partial charge in [0.2, 0.25) is 5.79 Å². The van der Waals surface area contributed by atoms with E-state index in [1.165, 1.54) is 11.1 Å². The molecule has 2 aliphatic heterocycles. The number of aliphatic hydroxyl groups is 4. The zero-order chi connectivity index (χ0) is 19.9. The maximum absolute atomic E-state index is 10.7. The van der Waals surface area contributed by atoms with Gasteiger partial charge in [0.05, 0.1) is 13.2 Å². The van der Waals surface area contributed by atoms with E-state index in [-0.39, 0.29) is 17.6 Å². The van der Waals surface area contributed by atoms with Gasteiger partial charge in [0.15, 0.2) is 0 Å². The molecule has 8 nitrogen and oxygen atoms in total. The summed E-state index contributed by atoms with van der Waals surface area (Å²) < 4.78 is 11.6. The van der Waals surface area contributed by atoms with Crippen molar-refractivity contribution in [3.05, 3.63) is 70.3 Å². The predicted octanol–water partition coefficient (Wildman–Crippen LogP) is -0.653. The van der Waals surface area contributed by atoms with Gasteiger partial charge in [-0.25, -0.2) is 0 Å². The number of aryl methyl sites for hydroxylation is 1. The van der Waals surface area contributed by atoms with E-state index in [0.29, 0.717) is 12.0 Å². The second-order valence-electron chi connectivity index (χ2n) is 7.56. The lowest BCUT2D eigenvalue weighted by atomic mass is 9.86. The van der Waals surface area contributed by atoms with Crippen molar-refractivity contribution in [2.24, 2.45) is 0 Å². The second kappa shape index (κ2) is 9.51. The minimum Gasteiger partial charge on any atom is -0.412 e. The van der Waals surface area contributed by atoms with Crippen LogP contribution >= 0.6 is 0 Å². The van der Waals surface area contributed by atoms with Crippen molar-refractivity contribution in [1.29, 1.82) is 0 Å². The Hall–Kier alpha value is -1.88. The quantitative estimate of drug-likeness (QED) is 0.511. The van der Waals surface area contributed by atoms with E-state index >= 15 is 0 Å². The highest BCUT2D eigenvalue weighted by Crippen LogP contribution is 2.46. The van der Waals surface area contributed by atoms with E-state index in [0.717, 1.165) is 17.5 Å². The van der Waals surface area contributed by atoms with E-state index in [2.05, 4.69) is 31.2 Å². The minimum atomic E-state index is -1.59. The lowest BCUT2D eigenvalue weighted by Gasteiger charge is -2.46. The highest BCUT2D eigenvalue weighted by molar-refractivity contribution is 5.41. The summed E-state index contributed by atoms with van der Waals surface area (Å²) in [5.41, 5.74) is 4.95. The zero-order valence-corrected chi connectivity index (χ0v) is 16.8. The van der Waals surface area contributed by atoms with Gasteiger partial charge >= 0.3 is 0 Å². The number of hydrogen-bond donors (Lipinski definition) is 4. The highest BCUT2D eigenvalue weighted by atomic mass is 16.7. The molecule has 1 fully saturated rings. The van der Waals surface area contributed by atoms with Gasteiger partial charge < -0.3 is 40.9 Å². The Labute approximate surface area is 174 Å². The van der Waals surface area contributed by atoms with E-state index < -0.39 is 36.8 Å². The zero-order valence-electron chi connectivity index (χ0n) is 16.8. The predicted molar refractivity (Wildman–Crippen MR) is 109 cm³/mol. The first-order valence-corrected chi connectivity index (χ1v) is 9.65. The van der Waals surface area contributed by atoms with Gasteiger partial charge in [-0.15, -0.1) is 0 Å². The molecule has 0 unspecified atom stereocenters. The van der Waals surface area contributed by atoms with Crippen LogP contribution in [-0.2, 0) is 34.7 Å². The van der Waals surface area contributed by atoms with Gasteiger partial charge in [0.1, 0.15) is 24.4 Å². The molecule has 30 heavy (non-hydrogen) atoms. The van der Waals surface area contributed by atoms with Crippen molar-refractivity contribution < 1.29 is 40.9 Å². The molecule has 2 aliphatic rings. The van der Waals surface area contributed by atoms with E-state index in [9.17, 15) is 20.4 Å². The molecule has 166 valence electrons. The maximum atomic E-state index is 10.7. The van der Waals surface area contributed by atoms with Crippen molar-refractivity contribution in [2.75, 3.05) is 6.61 Å². The molecule has 5 atom stereocenters. The van der Waals surface area contributed by atoms with Gasteiger partial charge in [-0.2, -0.15) is 0 Å². The molecule has 1 spiro atoms. The van der Waals surface area contributed by atoms with Crippen LogP contribution in [0.25, 0.3) is 0 Å². The summed E-state index contributed by atoms with van der Waals surface area (Å²) in [6, 6.07) is 14.3. The van der Waals surface area contributed by atoms with Crippen molar-refractivity contribution in [3.63, 3.8) is 0 Å². The minimum absolute atomic E-state index is 0. The standard InChI is InChI=1S/C22H26O6.2H2O/c1-2-13-3-5-14(6-4-13)9-15-7-8-16-12-27-22(17(16)10-15)21(26)20(25)19(24)18(11-23)28-22;;/h3-8,10,18-21,23-26H,2,9,11-12H2,1H3;2*1H2/t18-,19-,20+,21-,22+;;/m0../s1. The number of rotatable bonds is 4. The van der Waals surface area contributed by atoms with Gasteiger partial charge in [-0.1, -0.05) is 43.3 Å². The van der Waals surface area contributed by atoms with Crippen LogP contribution in [-0.4, -0.2) is 62.4 Å². The Balaban J connectivity index is 0.00000160. The fourth-order valence-corrected chi connectivity index (χ4v) is 4.06. The third-order valence-corrected chi connectivity index (χ3v) is 5.78. The number of aliphatic hydroxyl groups excluding tert-OH is 4. The van der Waals surface area contributed by atoms with Crippen LogP contribution in [0.15, 0.2) is 42.5 Å². The molecule has 0 bridgehead atoms. The number of fused-ring (bicyclic) bond motifs is 2. The lowest BCUT2D eigenvalue weighted by molar-refractivity contribution is -0.368. The Morgan fingerprint density at radius 2 is 1.57 bits per heavy atom. The number of ether oxygens (including phenoxy) is 2. The topological polar surface area (TPSA) is 162 Å². The summed E-state index contributed by atoms with van der Waals surface area (Å²) in [6.07, 6.45) is -3.69. The third kappa shape index (κ3) is 4.01. The molecule has 0 amide bonds. The van der Waals surface area contributed by atoms with E-state index in [1.807, 2.05) is 18.2 Å². The molecule has 8 heteroatoms. The van der Waals surface area contributed by atoms with Crippen LogP contribution in [0.3, 0.4) is 0 Å². The summed E-state index contributed by atoms with van der Waals surface area (Å²) in [4.78, 5) is 0. The Morgan fingerprint density at radius 3 is 2.20 bits per heavy atom. The summed E-state index contributed by atoms with van der Waals surface area (Å²) >= 11 is 0. The first-order valence-electron chi connectivity index (χ1n) is 9.65. The molecule has 2 heterocycles. The molecule has 2 aromatic carbocycles. The maximum Gasteiger partial charge on any atom is 0.225 e. The Morgan fingerprint density at radius 1 is 0.933 bits per heavy atom. The van der Waals surface area contributed by atoms with Crippen molar-refractivity contribution >= 4 is 0 Å². The molecular weight excluding hydrogens is 392 g/mol. The van der Waals surface area contributed by atoms with Crippen LogP contribution in [0.4, 0.5) is 0 Å².